The maximum Gasteiger partial charge on any atom is 0.126 e. The molecule has 2 N–H and O–H groups in total. The van der Waals surface area contributed by atoms with E-state index in [0.717, 1.165) is 42.3 Å². The Labute approximate surface area is 160 Å². The molecule has 2 aromatic heterocycles. The number of nitrogens with one attached hydrogen (secondary N) is 2. The second kappa shape index (κ2) is 9.74. The van der Waals surface area contributed by atoms with Gasteiger partial charge in [-0.05, 0) is 43.0 Å². The lowest BCUT2D eigenvalue weighted by atomic mass is 9.95. The number of hydrogen-bond donors (Lipinski definition) is 2. The molecule has 1 aliphatic rings. The van der Waals surface area contributed by atoms with Crippen LogP contribution in [0.1, 0.15) is 38.5 Å². The first-order valence-electron chi connectivity index (χ1n) is 9.37. The Morgan fingerprint density at radius 1 is 1.15 bits per heavy atom. The summed E-state index contributed by atoms with van der Waals surface area (Å²) >= 11 is 6.42. The summed E-state index contributed by atoms with van der Waals surface area (Å²) in [5, 5.41) is 7.54. The van der Waals surface area contributed by atoms with Crippen molar-refractivity contribution in [3.8, 4) is 11.1 Å². The highest BCUT2D eigenvalue weighted by molar-refractivity contribution is 6.33. The van der Waals surface area contributed by atoms with Crippen LogP contribution in [0.2, 0.25) is 5.02 Å². The standard InChI is InChI=1S/C20H27ClN4O/c1-26-11-5-9-22-19-12-15(8-10-23-19)17-13-20(24-14-18(17)21)25-16-6-3-2-4-7-16/h8,10,12-14,16H,2-7,9,11H2,1H3,(H,22,23)(H,24,25). The van der Waals surface area contributed by atoms with Crippen molar-refractivity contribution >= 4 is 23.2 Å². The first kappa shape index (κ1) is 18.9. The monoisotopic (exact) mass is 374 g/mol. The third-order valence-electron chi connectivity index (χ3n) is 4.71. The molecule has 0 radical (unpaired) electrons. The molecule has 0 bridgehead atoms. The SMILES string of the molecule is COCCCNc1cc(-c2cc(NC3CCCCC3)ncc2Cl)ccn1. The lowest BCUT2D eigenvalue weighted by Crippen LogP contribution is -2.22. The zero-order valence-corrected chi connectivity index (χ0v) is 16.1. The van der Waals surface area contributed by atoms with Crippen molar-refractivity contribution in [3.63, 3.8) is 0 Å². The summed E-state index contributed by atoms with van der Waals surface area (Å²) in [7, 11) is 1.71. The molecule has 0 aliphatic heterocycles. The van der Waals surface area contributed by atoms with E-state index in [4.69, 9.17) is 16.3 Å². The number of methoxy groups -OCH3 is 1. The minimum atomic E-state index is 0.515. The molecule has 2 heterocycles. The van der Waals surface area contributed by atoms with E-state index in [1.54, 1.807) is 19.5 Å². The molecule has 1 fully saturated rings. The molecular formula is C20H27ClN4O. The van der Waals surface area contributed by atoms with Crippen molar-refractivity contribution in [2.24, 2.45) is 0 Å². The minimum Gasteiger partial charge on any atom is -0.385 e. The van der Waals surface area contributed by atoms with Gasteiger partial charge in [-0.2, -0.15) is 0 Å². The first-order valence-corrected chi connectivity index (χ1v) is 9.75. The highest BCUT2D eigenvalue weighted by Crippen LogP contribution is 2.31. The molecule has 1 aliphatic carbocycles. The van der Waals surface area contributed by atoms with Gasteiger partial charge >= 0.3 is 0 Å². The Morgan fingerprint density at radius 3 is 2.81 bits per heavy atom. The predicted molar refractivity (Wildman–Crippen MR) is 108 cm³/mol. The van der Waals surface area contributed by atoms with Crippen molar-refractivity contribution in [2.45, 2.75) is 44.6 Å². The van der Waals surface area contributed by atoms with Gasteiger partial charge in [0.05, 0.1) is 5.02 Å². The normalized spacial score (nSPS) is 15.0. The summed E-state index contributed by atoms with van der Waals surface area (Å²) in [6.07, 6.45) is 10.8. The maximum atomic E-state index is 6.42. The zero-order chi connectivity index (χ0) is 18.2. The van der Waals surface area contributed by atoms with E-state index in [0.29, 0.717) is 11.1 Å². The lowest BCUT2D eigenvalue weighted by molar-refractivity contribution is 0.198. The molecule has 6 heteroatoms. The molecule has 1 saturated carbocycles. The topological polar surface area (TPSA) is 59.1 Å². The largest absolute Gasteiger partial charge is 0.385 e. The van der Waals surface area contributed by atoms with Crippen molar-refractivity contribution < 1.29 is 4.74 Å². The van der Waals surface area contributed by atoms with Crippen LogP contribution in [0.25, 0.3) is 11.1 Å². The maximum absolute atomic E-state index is 6.42. The van der Waals surface area contributed by atoms with E-state index in [-0.39, 0.29) is 0 Å². The molecule has 2 aromatic rings. The number of halogens is 1. The smallest absolute Gasteiger partial charge is 0.126 e. The Hall–Kier alpha value is -1.85. The lowest BCUT2D eigenvalue weighted by Gasteiger charge is -2.23. The number of anilines is 2. The van der Waals surface area contributed by atoms with Crippen LogP contribution in [-0.4, -0.2) is 36.3 Å². The second-order valence-corrected chi connectivity index (χ2v) is 7.14. The van der Waals surface area contributed by atoms with E-state index in [9.17, 15) is 0 Å². The molecule has 0 aromatic carbocycles. The molecule has 0 spiro atoms. The molecule has 140 valence electrons. The van der Waals surface area contributed by atoms with Gasteiger partial charge in [-0.25, -0.2) is 9.97 Å². The number of aromatic nitrogens is 2. The fourth-order valence-corrected chi connectivity index (χ4v) is 3.54. The third kappa shape index (κ3) is 5.32. The Kier molecular flexibility index (Phi) is 7.09. The number of pyridine rings is 2. The van der Waals surface area contributed by atoms with E-state index in [1.165, 1.54) is 32.1 Å². The van der Waals surface area contributed by atoms with E-state index >= 15 is 0 Å². The van der Waals surface area contributed by atoms with Gasteiger partial charge < -0.3 is 15.4 Å². The average molecular weight is 375 g/mol. The highest BCUT2D eigenvalue weighted by Gasteiger charge is 2.14. The van der Waals surface area contributed by atoms with Crippen LogP contribution < -0.4 is 10.6 Å². The van der Waals surface area contributed by atoms with Gasteiger partial charge in [-0.3, -0.25) is 0 Å². The third-order valence-corrected chi connectivity index (χ3v) is 5.02. The fraction of sp³-hybridized carbons (Fsp3) is 0.500. The molecule has 0 amide bonds. The highest BCUT2D eigenvalue weighted by atomic mass is 35.5. The summed E-state index contributed by atoms with van der Waals surface area (Å²) in [6, 6.07) is 6.56. The zero-order valence-electron chi connectivity index (χ0n) is 15.3. The molecule has 26 heavy (non-hydrogen) atoms. The van der Waals surface area contributed by atoms with Crippen LogP contribution in [0.3, 0.4) is 0 Å². The minimum absolute atomic E-state index is 0.515. The first-order chi connectivity index (χ1) is 12.8. The number of nitrogens with zero attached hydrogens (tertiary/aromatic N) is 2. The number of rotatable bonds is 8. The van der Waals surface area contributed by atoms with Gasteiger partial charge in [-0.1, -0.05) is 30.9 Å². The van der Waals surface area contributed by atoms with Gasteiger partial charge in [0.2, 0.25) is 0 Å². The quantitative estimate of drug-likeness (QED) is 0.637. The second-order valence-electron chi connectivity index (χ2n) is 6.73. The van der Waals surface area contributed by atoms with Gasteiger partial charge in [0.1, 0.15) is 11.6 Å². The average Bonchev–Trinajstić information content (AvgIpc) is 2.68. The summed E-state index contributed by atoms with van der Waals surface area (Å²) in [4.78, 5) is 8.84. The molecule has 0 saturated heterocycles. The Balaban J connectivity index is 1.72. The fourth-order valence-electron chi connectivity index (χ4n) is 3.32. The van der Waals surface area contributed by atoms with Gasteiger partial charge in [0.15, 0.2) is 0 Å². The van der Waals surface area contributed by atoms with E-state index < -0.39 is 0 Å². The summed E-state index contributed by atoms with van der Waals surface area (Å²) in [5.74, 6) is 1.73. The van der Waals surface area contributed by atoms with Crippen molar-refractivity contribution in [3.05, 3.63) is 35.6 Å². The van der Waals surface area contributed by atoms with Gasteiger partial charge in [0, 0.05) is 44.3 Å². The Morgan fingerprint density at radius 2 is 2.00 bits per heavy atom. The number of ether oxygens (including phenoxy) is 1. The predicted octanol–water partition coefficient (Wildman–Crippen LogP) is 4.99. The van der Waals surface area contributed by atoms with Crippen LogP contribution in [0.4, 0.5) is 11.6 Å². The molecule has 5 nitrogen and oxygen atoms in total. The van der Waals surface area contributed by atoms with Crippen molar-refractivity contribution in [1.82, 2.24) is 9.97 Å². The van der Waals surface area contributed by atoms with Crippen molar-refractivity contribution in [2.75, 3.05) is 30.9 Å². The van der Waals surface area contributed by atoms with Crippen LogP contribution in [0.15, 0.2) is 30.6 Å². The van der Waals surface area contributed by atoms with Crippen molar-refractivity contribution in [1.29, 1.82) is 0 Å². The van der Waals surface area contributed by atoms with Crippen LogP contribution >= 0.6 is 11.6 Å². The van der Waals surface area contributed by atoms with Crippen LogP contribution in [0.5, 0.6) is 0 Å². The Bertz CT molecular complexity index is 704. The van der Waals surface area contributed by atoms with Crippen LogP contribution in [-0.2, 0) is 4.74 Å². The van der Waals surface area contributed by atoms with Gasteiger partial charge in [0.25, 0.3) is 0 Å². The van der Waals surface area contributed by atoms with Crippen LogP contribution in [0, 0.1) is 0 Å². The van der Waals surface area contributed by atoms with Gasteiger partial charge in [-0.15, -0.1) is 0 Å². The van der Waals surface area contributed by atoms with E-state index in [1.807, 2.05) is 18.2 Å². The van der Waals surface area contributed by atoms with E-state index in [2.05, 4.69) is 20.6 Å². The number of hydrogen-bond acceptors (Lipinski definition) is 5. The molecule has 3 rings (SSSR count). The summed E-state index contributed by atoms with van der Waals surface area (Å²) in [5.41, 5.74) is 2.01. The summed E-state index contributed by atoms with van der Waals surface area (Å²) in [6.45, 7) is 1.56. The summed E-state index contributed by atoms with van der Waals surface area (Å²) < 4.78 is 5.07. The molecular weight excluding hydrogens is 348 g/mol. The molecule has 0 atom stereocenters. The molecule has 0 unspecified atom stereocenters.